The van der Waals surface area contributed by atoms with Gasteiger partial charge in [0.2, 0.25) is 5.91 Å². The third-order valence-electron chi connectivity index (χ3n) is 8.57. The third-order valence-corrected chi connectivity index (χ3v) is 8.57. The quantitative estimate of drug-likeness (QED) is 0.504. The minimum Gasteiger partial charge on any atom is -0.355 e. The standard InChI is InChI=1S/C30H37F3N8O2/c1-4-21-17-23(40-19-26(37(3)20-40)25-18-41(12-9-34)35-27(25)30(31,32)33)5-6-24(21)29(43)39-15-13-38(14-16-39)28(42)22-7-10-36(2)11-8-22/h5-6,17-19,22H,4,7-8,10-16,20H2,1-3H3. The molecule has 3 aliphatic heterocycles. The largest absolute Gasteiger partial charge is 0.435 e. The van der Waals surface area contributed by atoms with Crippen molar-refractivity contribution in [1.82, 2.24) is 29.4 Å². The van der Waals surface area contributed by atoms with Crippen molar-refractivity contribution in [2.24, 2.45) is 5.92 Å². The van der Waals surface area contributed by atoms with Gasteiger partial charge in [0.05, 0.1) is 18.4 Å². The van der Waals surface area contributed by atoms with E-state index in [9.17, 15) is 22.8 Å². The predicted molar refractivity (Wildman–Crippen MR) is 154 cm³/mol. The molecule has 0 saturated carbocycles. The Morgan fingerprint density at radius 1 is 1.05 bits per heavy atom. The Hall–Kier alpha value is -4.05. The molecule has 0 unspecified atom stereocenters. The molecule has 0 N–H and O–H groups in total. The highest BCUT2D eigenvalue weighted by Gasteiger charge is 2.40. The maximum Gasteiger partial charge on any atom is 0.435 e. The van der Waals surface area contributed by atoms with Crippen LogP contribution in [-0.4, -0.2) is 101 Å². The van der Waals surface area contributed by atoms with Crippen molar-refractivity contribution in [3.05, 3.63) is 53.0 Å². The number of piperidine rings is 1. The van der Waals surface area contributed by atoms with Crippen LogP contribution >= 0.6 is 0 Å². The van der Waals surface area contributed by atoms with Gasteiger partial charge in [0.1, 0.15) is 6.54 Å². The molecule has 3 aliphatic rings. The molecule has 10 nitrogen and oxygen atoms in total. The zero-order valence-corrected chi connectivity index (χ0v) is 24.8. The van der Waals surface area contributed by atoms with Crippen LogP contribution in [0.25, 0.3) is 5.70 Å². The molecule has 2 saturated heterocycles. The molecule has 2 fully saturated rings. The number of likely N-dealkylation sites (tertiary alicyclic amines) is 1. The number of amides is 2. The van der Waals surface area contributed by atoms with Crippen LogP contribution in [0.4, 0.5) is 18.9 Å². The van der Waals surface area contributed by atoms with Crippen molar-refractivity contribution in [3.63, 3.8) is 0 Å². The van der Waals surface area contributed by atoms with Gasteiger partial charge in [0.25, 0.3) is 5.91 Å². The van der Waals surface area contributed by atoms with E-state index in [1.807, 2.05) is 34.9 Å². The second-order valence-corrected chi connectivity index (χ2v) is 11.5. The lowest BCUT2D eigenvalue weighted by Crippen LogP contribution is -2.52. The van der Waals surface area contributed by atoms with E-state index in [0.717, 1.165) is 41.9 Å². The van der Waals surface area contributed by atoms with Crippen LogP contribution in [0.15, 0.2) is 30.6 Å². The lowest BCUT2D eigenvalue weighted by Gasteiger charge is -2.38. The summed E-state index contributed by atoms with van der Waals surface area (Å²) in [5.41, 5.74) is 1.39. The summed E-state index contributed by atoms with van der Waals surface area (Å²) in [5.74, 6) is 0.177. The highest BCUT2D eigenvalue weighted by molar-refractivity contribution is 5.96. The lowest BCUT2D eigenvalue weighted by atomic mass is 9.95. The fraction of sp³-hybridized carbons (Fsp3) is 0.533. The van der Waals surface area contributed by atoms with E-state index in [0.29, 0.717) is 50.5 Å². The molecule has 13 heteroatoms. The minimum absolute atomic E-state index is 0.0608. The van der Waals surface area contributed by atoms with Gasteiger partial charge >= 0.3 is 6.18 Å². The summed E-state index contributed by atoms with van der Waals surface area (Å²) in [6.45, 7) is 5.84. The van der Waals surface area contributed by atoms with Gasteiger partial charge < -0.3 is 24.5 Å². The van der Waals surface area contributed by atoms with Crippen LogP contribution in [0.2, 0.25) is 0 Å². The molecule has 0 radical (unpaired) electrons. The molecule has 230 valence electrons. The molecular weight excluding hydrogens is 561 g/mol. The lowest BCUT2D eigenvalue weighted by molar-refractivity contribution is -0.141. The molecule has 5 rings (SSSR count). The number of piperazine rings is 1. The van der Waals surface area contributed by atoms with Crippen LogP contribution in [0, 0.1) is 17.2 Å². The number of carbonyl (C=O) groups excluding carboxylic acids is 2. The summed E-state index contributed by atoms with van der Waals surface area (Å²) in [7, 11) is 3.77. The SMILES string of the molecule is CCc1cc(N2C=C(c3cn(CC#N)nc3C(F)(F)F)N(C)C2)ccc1C(=O)N1CCN(C(=O)C2CCN(C)CC2)CC1. The van der Waals surface area contributed by atoms with Crippen LogP contribution < -0.4 is 4.90 Å². The Bertz CT molecular complexity index is 1430. The second-order valence-electron chi connectivity index (χ2n) is 11.5. The molecule has 1 aromatic heterocycles. The number of benzene rings is 1. The summed E-state index contributed by atoms with van der Waals surface area (Å²) in [4.78, 5) is 36.0. The number of anilines is 1. The van der Waals surface area contributed by atoms with E-state index < -0.39 is 11.9 Å². The summed E-state index contributed by atoms with van der Waals surface area (Å²) in [5, 5.41) is 12.6. The summed E-state index contributed by atoms with van der Waals surface area (Å²) >= 11 is 0. The van der Waals surface area contributed by atoms with Gasteiger partial charge in [-0.15, -0.1) is 0 Å². The number of nitrogens with zero attached hydrogens (tertiary/aromatic N) is 8. The Balaban J connectivity index is 1.29. The van der Waals surface area contributed by atoms with Gasteiger partial charge in [-0.1, -0.05) is 6.92 Å². The van der Waals surface area contributed by atoms with Gasteiger partial charge in [-0.25, -0.2) is 0 Å². The Labute approximate surface area is 249 Å². The van der Waals surface area contributed by atoms with E-state index in [1.54, 1.807) is 29.1 Å². The van der Waals surface area contributed by atoms with Crippen molar-refractivity contribution in [2.45, 2.75) is 38.9 Å². The molecule has 2 amide bonds. The van der Waals surface area contributed by atoms with Crippen LogP contribution in [0.3, 0.4) is 0 Å². The Kier molecular flexibility index (Phi) is 8.69. The van der Waals surface area contributed by atoms with E-state index in [2.05, 4.69) is 17.0 Å². The van der Waals surface area contributed by atoms with E-state index >= 15 is 0 Å². The van der Waals surface area contributed by atoms with Gasteiger partial charge in [-0.05, 0) is 63.2 Å². The first-order chi connectivity index (χ1) is 20.5. The number of rotatable bonds is 6. The Morgan fingerprint density at radius 2 is 1.72 bits per heavy atom. The number of hydrogen-bond donors (Lipinski definition) is 0. The zero-order chi connectivity index (χ0) is 30.9. The molecule has 0 spiro atoms. The second kappa shape index (κ2) is 12.3. The highest BCUT2D eigenvalue weighted by atomic mass is 19.4. The average Bonchev–Trinajstić information content (AvgIpc) is 3.60. The maximum atomic E-state index is 13.8. The van der Waals surface area contributed by atoms with Gasteiger partial charge in [0.15, 0.2) is 5.69 Å². The number of nitriles is 1. The zero-order valence-electron chi connectivity index (χ0n) is 24.8. The van der Waals surface area contributed by atoms with E-state index in [1.165, 1.54) is 6.20 Å². The highest BCUT2D eigenvalue weighted by Crippen LogP contribution is 2.37. The molecular formula is C30H37F3N8O2. The first-order valence-electron chi connectivity index (χ1n) is 14.6. The monoisotopic (exact) mass is 598 g/mol. The molecule has 0 aliphatic carbocycles. The van der Waals surface area contributed by atoms with Crippen molar-refractivity contribution >= 4 is 23.2 Å². The van der Waals surface area contributed by atoms with Crippen molar-refractivity contribution < 1.29 is 22.8 Å². The molecule has 0 bridgehead atoms. The van der Waals surface area contributed by atoms with Crippen molar-refractivity contribution in [1.29, 1.82) is 5.26 Å². The van der Waals surface area contributed by atoms with E-state index in [-0.39, 0.29) is 29.8 Å². The number of carbonyl (C=O) groups is 2. The minimum atomic E-state index is -4.67. The number of hydrogen-bond acceptors (Lipinski definition) is 7. The fourth-order valence-corrected chi connectivity index (χ4v) is 6.07. The number of alkyl halides is 3. The van der Waals surface area contributed by atoms with Crippen molar-refractivity contribution in [3.8, 4) is 6.07 Å². The normalized spacial score (nSPS) is 18.7. The molecule has 2 aromatic rings. The maximum absolute atomic E-state index is 13.8. The number of aryl methyl sites for hydroxylation is 1. The molecule has 4 heterocycles. The predicted octanol–water partition coefficient (Wildman–Crippen LogP) is 3.32. The number of halogens is 3. The van der Waals surface area contributed by atoms with Gasteiger partial charge in [-0.3, -0.25) is 14.3 Å². The van der Waals surface area contributed by atoms with Crippen LogP contribution in [0.5, 0.6) is 0 Å². The topological polar surface area (TPSA) is 91.9 Å². The summed E-state index contributed by atoms with van der Waals surface area (Å²) < 4.78 is 42.3. The first-order valence-corrected chi connectivity index (χ1v) is 14.6. The average molecular weight is 599 g/mol. The van der Waals surface area contributed by atoms with Crippen LogP contribution in [-0.2, 0) is 23.9 Å². The fourth-order valence-electron chi connectivity index (χ4n) is 6.07. The summed E-state index contributed by atoms with van der Waals surface area (Å²) in [6.07, 6.45) is 0.562. The van der Waals surface area contributed by atoms with Crippen LogP contribution in [0.1, 0.15) is 46.9 Å². The Morgan fingerprint density at radius 3 is 2.35 bits per heavy atom. The summed E-state index contributed by atoms with van der Waals surface area (Å²) in [6, 6.07) is 7.32. The van der Waals surface area contributed by atoms with Gasteiger partial charge in [-0.2, -0.15) is 23.5 Å². The smallest absolute Gasteiger partial charge is 0.355 e. The van der Waals surface area contributed by atoms with E-state index in [4.69, 9.17) is 5.26 Å². The molecule has 1 aromatic carbocycles. The third kappa shape index (κ3) is 6.34. The number of aromatic nitrogens is 2. The van der Waals surface area contributed by atoms with Gasteiger partial charge in [0, 0.05) is 68.4 Å². The first kappa shape index (κ1) is 30.4. The molecule has 43 heavy (non-hydrogen) atoms. The van der Waals surface area contributed by atoms with Crippen molar-refractivity contribution in [2.75, 3.05) is 64.9 Å². The molecule has 0 atom stereocenters.